The summed E-state index contributed by atoms with van der Waals surface area (Å²) < 4.78 is 7.38. The highest BCUT2D eigenvalue weighted by molar-refractivity contribution is 6.33. The Balaban J connectivity index is 1.20. The van der Waals surface area contributed by atoms with Gasteiger partial charge < -0.3 is 9.84 Å². The molecule has 0 aliphatic heterocycles. The van der Waals surface area contributed by atoms with Crippen molar-refractivity contribution in [1.82, 2.24) is 30.2 Å². The van der Waals surface area contributed by atoms with Crippen molar-refractivity contribution < 1.29 is 9.32 Å². The molecule has 3 aromatic rings. The van der Waals surface area contributed by atoms with Gasteiger partial charge in [-0.15, -0.1) is 0 Å². The smallest absolute Gasteiger partial charge is 0.246 e. The number of amides is 1. The summed E-state index contributed by atoms with van der Waals surface area (Å²) in [5.74, 6) is 2.01. The lowest BCUT2D eigenvalue weighted by molar-refractivity contribution is -0.156. The van der Waals surface area contributed by atoms with Gasteiger partial charge in [0.1, 0.15) is 12.7 Å². The van der Waals surface area contributed by atoms with Gasteiger partial charge in [0, 0.05) is 5.56 Å². The molecule has 4 saturated carbocycles. The van der Waals surface area contributed by atoms with Crippen molar-refractivity contribution in [1.29, 1.82) is 0 Å². The Morgan fingerprint density at radius 3 is 2.77 bits per heavy atom. The van der Waals surface area contributed by atoms with Crippen molar-refractivity contribution in [3.63, 3.8) is 0 Å². The number of hydrogen-bond donors (Lipinski definition) is 1. The molecule has 2 heterocycles. The van der Waals surface area contributed by atoms with Crippen LogP contribution in [0.25, 0.3) is 11.4 Å². The monoisotopic (exact) mass is 438 g/mol. The summed E-state index contributed by atoms with van der Waals surface area (Å²) >= 11 is 6.22. The maximum absolute atomic E-state index is 13.4. The molecule has 0 radical (unpaired) electrons. The van der Waals surface area contributed by atoms with E-state index in [-0.39, 0.29) is 23.4 Å². The van der Waals surface area contributed by atoms with Gasteiger partial charge in [0.15, 0.2) is 0 Å². The first-order valence-corrected chi connectivity index (χ1v) is 11.1. The Morgan fingerprint density at radius 1 is 1.23 bits per heavy atom. The largest absolute Gasteiger partial charge is 0.347 e. The average Bonchev–Trinajstić information content (AvgIpc) is 3.44. The van der Waals surface area contributed by atoms with Crippen LogP contribution in [0.5, 0.6) is 0 Å². The lowest BCUT2D eigenvalue weighted by Gasteiger charge is -2.60. The molecule has 7 rings (SSSR count). The number of nitrogens with one attached hydrogen (secondary N) is 1. The van der Waals surface area contributed by atoms with Gasteiger partial charge in [0.2, 0.25) is 17.6 Å². The van der Waals surface area contributed by atoms with Gasteiger partial charge in [-0.05, 0) is 62.5 Å². The first-order chi connectivity index (χ1) is 15.1. The first kappa shape index (κ1) is 19.0. The second-order valence-corrected chi connectivity index (χ2v) is 9.89. The minimum atomic E-state index is -0.360. The number of halogens is 1. The summed E-state index contributed by atoms with van der Waals surface area (Å²) in [7, 11) is 0. The maximum atomic E-state index is 13.4. The number of rotatable bonds is 5. The summed E-state index contributed by atoms with van der Waals surface area (Å²) in [6.07, 6.45) is 9.51. The fraction of sp³-hybridized carbons (Fsp3) is 0.500. The van der Waals surface area contributed by atoms with Crippen molar-refractivity contribution in [3.8, 4) is 11.4 Å². The van der Waals surface area contributed by atoms with Gasteiger partial charge in [-0.2, -0.15) is 10.1 Å². The summed E-state index contributed by atoms with van der Waals surface area (Å²) in [5.41, 5.74) is 0.266. The molecule has 0 saturated heterocycles. The lowest BCUT2D eigenvalue weighted by Crippen LogP contribution is -2.61. The van der Waals surface area contributed by atoms with Crippen LogP contribution in [0, 0.1) is 17.3 Å². The predicted octanol–water partition coefficient (Wildman–Crippen LogP) is 3.59. The quantitative estimate of drug-likeness (QED) is 0.653. The second kappa shape index (κ2) is 6.88. The summed E-state index contributed by atoms with van der Waals surface area (Å²) in [4.78, 5) is 22.0. The van der Waals surface area contributed by atoms with E-state index in [1.54, 1.807) is 12.4 Å². The van der Waals surface area contributed by atoms with Gasteiger partial charge >= 0.3 is 0 Å². The second-order valence-electron chi connectivity index (χ2n) is 9.48. The molecule has 2 aromatic heterocycles. The number of hydrogen-bond acceptors (Lipinski definition) is 6. The average molecular weight is 439 g/mol. The Bertz CT molecular complexity index is 1110. The fourth-order valence-electron chi connectivity index (χ4n) is 6.62. The van der Waals surface area contributed by atoms with Crippen LogP contribution in [-0.4, -0.2) is 30.8 Å². The van der Waals surface area contributed by atoms with E-state index < -0.39 is 0 Å². The number of carbonyl (C=O) groups excluding carboxylic acids is 1. The third-order valence-corrected chi connectivity index (χ3v) is 7.73. The molecule has 1 N–H and O–H groups in total. The van der Waals surface area contributed by atoms with E-state index in [0.29, 0.717) is 34.1 Å². The van der Waals surface area contributed by atoms with Gasteiger partial charge in [0.05, 0.1) is 22.5 Å². The van der Waals surface area contributed by atoms with E-state index in [1.165, 1.54) is 6.42 Å². The van der Waals surface area contributed by atoms with Crippen LogP contribution in [0.2, 0.25) is 5.02 Å². The third-order valence-electron chi connectivity index (χ3n) is 7.40. The van der Waals surface area contributed by atoms with Crippen LogP contribution >= 0.6 is 11.6 Å². The fourth-order valence-corrected chi connectivity index (χ4v) is 6.84. The van der Waals surface area contributed by atoms with E-state index in [2.05, 4.69) is 25.5 Å². The molecule has 160 valence electrons. The molecular formula is C22H23ClN6O2. The van der Waals surface area contributed by atoms with Crippen molar-refractivity contribution in [2.75, 3.05) is 0 Å². The minimum Gasteiger partial charge on any atom is -0.347 e. The molecule has 2 unspecified atom stereocenters. The van der Waals surface area contributed by atoms with Gasteiger partial charge in [-0.25, -0.2) is 9.67 Å². The molecule has 31 heavy (non-hydrogen) atoms. The van der Waals surface area contributed by atoms with Gasteiger partial charge in [-0.1, -0.05) is 28.9 Å². The number of benzene rings is 1. The molecule has 8 nitrogen and oxygen atoms in total. The molecule has 2 atom stereocenters. The zero-order chi connectivity index (χ0) is 21.1. The van der Waals surface area contributed by atoms with Crippen LogP contribution in [0.15, 0.2) is 41.4 Å². The van der Waals surface area contributed by atoms with Crippen LogP contribution in [0.3, 0.4) is 0 Å². The van der Waals surface area contributed by atoms with Crippen LogP contribution in [0.4, 0.5) is 0 Å². The van der Waals surface area contributed by atoms with E-state index in [0.717, 1.165) is 32.1 Å². The van der Waals surface area contributed by atoms with Crippen LogP contribution in [0.1, 0.15) is 44.4 Å². The highest BCUT2D eigenvalue weighted by atomic mass is 35.5. The molecule has 1 aromatic carbocycles. The van der Waals surface area contributed by atoms with Crippen molar-refractivity contribution in [3.05, 3.63) is 47.8 Å². The number of aromatic nitrogens is 5. The highest BCUT2D eigenvalue weighted by Gasteiger charge is 2.61. The van der Waals surface area contributed by atoms with E-state index >= 15 is 0 Å². The predicted molar refractivity (Wildman–Crippen MR) is 112 cm³/mol. The molecular weight excluding hydrogens is 416 g/mol. The summed E-state index contributed by atoms with van der Waals surface area (Å²) in [6.45, 7) is 0.212. The maximum Gasteiger partial charge on any atom is 0.246 e. The molecule has 9 heteroatoms. The molecule has 4 fully saturated rings. The Hall–Kier alpha value is -2.74. The van der Waals surface area contributed by atoms with Crippen molar-refractivity contribution in [2.24, 2.45) is 17.3 Å². The van der Waals surface area contributed by atoms with Gasteiger partial charge in [-0.3, -0.25) is 4.79 Å². The molecule has 1 amide bonds. The summed E-state index contributed by atoms with van der Waals surface area (Å²) in [5, 5.41) is 12.1. The van der Waals surface area contributed by atoms with E-state index in [4.69, 9.17) is 16.1 Å². The van der Waals surface area contributed by atoms with Crippen molar-refractivity contribution >= 4 is 17.5 Å². The van der Waals surface area contributed by atoms with Crippen molar-refractivity contribution in [2.45, 2.75) is 50.6 Å². The van der Waals surface area contributed by atoms with Crippen LogP contribution < -0.4 is 5.32 Å². The molecule has 4 aliphatic rings. The zero-order valence-electron chi connectivity index (χ0n) is 17.0. The Kier molecular flexibility index (Phi) is 4.21. The minimum absolute atomic E-state index is 0.0837. The van der Waals surface area contributed by atoms with E-state index in [1.807, 2.05) is 29.2 Å². The Labute approximate surface area is 184 Å². The first-order valence-electron chi connectivity index (χ1n) is 10.8. The molecule has 4 bridgehead atoms. The molecule has 0 spiro atoms. The summed E-state index contributed by atoms with van der Waals surface area (Å²) in [6, 6.07) is 7.35. The van der Waals surface area contributed by atoms with Gasteiger partial charge in [0.25, 0.3) is 0 Å². The SMILES string of the molecule is O=C(NCc1nc(-c2ccccc2Cl)no1)C12CC3CC(C1)CC(n1cncn1)(C3)C2. The zero-order valence-corrected chi connectivity index (χ0v) is 17.8. The molecule has 4 aliphatic carbocycles. The highest BCUT2D eigenvalue weighted by Crippen LogP contribution is 2.64. The normalized spacial score (nSPS) is 31.1. The number of carbonyl (C=O) groups is 1. The topological polar surface area (TPSA) is 98.7 Å². The third kappa shape index (κ3) is 3.07. The van der Waals surface area contributed by atoms with Crippen LogP contribution in [-0.2, 0) is 16.9 Å². The lowest BCUT2D eigenvalue weighted by atomic mass is 9.46. The van der Waals surface area contributed by atoms with E-state index in [9.17, 15) is 4.79 Å². The Morgan fingerprint density at radius 2 is 2.03 bits per heavy atom. The standard InChI is InChI=1S/C22H23ClN6O2/c23-17-4-2-1-3-16(17)19-27-18(31-28-19)10-25-20(30)21-6-14-5-15(7-21)9-22(8-14,11-21)29-13-24-12-26-29/h1-4,12-15H,5-11H2,(H,25,30). The number of nitrogens with zero attached hydrogens (tertiary/aromatic N) is 5.